The third-order valence-corrected chi connectivity index (χ3v) is 4.83. The number of benzene rings is 2. The zero-order valence-electron chi connectivity index (χ0n) is 15.8. The first-order valence-electron chi connectivity index (χ1n) is 9.36. The predicted octanol–water partition coefficient (Wildman–Crippen LogP) is 2.81. The van der Waals surface area contributed by atoms with E-state index in [1.807, 2.05) is 35.2 Å². The molecule has 1 atom stereocenters. The first-order valence-corrected chi connectivity index (χ1v) is 9.36. The Hall–Kier alpha value is -3.23. The van der Waals surface area contributed by atoms with Crippen molar-refractivity contribution in [1.82, 2.24) is 10.1 Å². The summed E-state index contributed by atoms with van der Waals surface area (Å²) in [6.45, 7) is 2.55. The van der Waals surface area contributed by atoms with E-state index in [4.69, 9.17) is 20.7 Å². The number of hydrogen-bond donors (Lipinski definition) is 2. The van der Waals surface area contributed by atoms with Gasteiger partial charge in [-0.3, -0.25) is 0 Å². The average Bonchev–Trinajstić information content (AvgIpc) is 3.23. The number of hydrogen-bond acceptors (Lipinski definition) is 5. The van der Waals surface area contributed by atoms with Crippen molar-refractivity contribution in [2.24, 2.45) is 16.5 Å². The van der Waals surface area contributed by atoms with Crippen LogP contribution in [0.5, 0.6) is 0 Å². The van der Waals surface area contributed by atoms with Crippen LogP contribution in [0.25, 0.3) is 11.1 Å². The normalized spacial score (nSPS) is 16.1. The van der Waals surface area contributed by atoms with Crippen molar-refractivity contribution < 1.29 is 13.7 Å². The lowest BCUT2D eigenvalue weighted by molar-refractivity contribution is 0.0675. The van der Waals surface area contributed by atoms with Crippen LogP contribution in [-0.2, 0) is 4.74 Å². The fraction of sp³-hybridized carbons (Fsp3) is 0.238. The largest absolute Gasteiger partial charge is 0.378 e. The van der Waals surface area contributed by atoms with E-state index in [0.29, 0.717) is 49.1 Å². The molecule has 1 aliphatic rings. The topological polar surface area (TPSA) is 103 Å². The molecule has 1 fully saturated rings. The van der Waals surface area contributed by atoms with Crippen LogP contribution in [0.3, 0.4) is 0 Å². The maximum Gasteiger partial charge on any atom is 0.253 e. The van der Waals surface area contributed by atoms with Crippen molar-refractivity contribution in [2.75, 3.05) is 26.3 Å². The number of aromatic nitrogens is 1. The van der Waals surface area contributed by atoms with Crippen molar-refractivity contribution in [3.63, 3.8) is 0 Å². The molecule has 1 aliphatic heterocycles. The first-order chi connectivity index (χ1) is 14.1. The summed E-state index contributed by atoms with van der Waals surface area (Å²) in [6, 6.07) is 15.2. The van der Waals surface area contributed by atoms with Crippen LogP contribution in [0.4, 0.5) is 10.3 Å². The SMILES string of the molecule is NC(=Nc1cc([C@H](N)c2ccc(-c3ccccc3)c(F)c2)no1)N1CCOCC1. The molecular formula is C21H22FN5O2. The Morgan fingerprint density at radius 1 is 1.10 bits per heavy atom. The van der Waals surface area contributed by atoms with Crippen LogP contribution < -0.4 is 11.5 Å². The van der Waals surface area contributed by atoms with E-state index < -0.39 is 6.04 Å². The highest BCUT2D eigenvalue weighted by atomic mass is 19.1. The molecule has 7 nitrogen and oxygen atoms in total. The number of halogens is 1. The molecule has 150 valence electrons. The number of nitrogens with zero attached hydrogens (tertiary/aromatic N) is 3. The summed E-state index contributed by atoms with van der Waals surface area (Å²) in [5.74, 6) is 0.242. The van der Waals surface area contributed by atoms with Crippen LogP contribution >= 0.6 is 0 Å². The molecule has 3 aromatic rings. The lowest BCUT2D eigenvalue weighted by Gasteiger charge is -2.27. The van der Waals surface area contributed by atoms with Gasteiger partial charge in [-0.05, 0) is 17.2 Å². The summed E-state index contributed by atoms with van der Waals surface area (Å²) < 4.78 is 25.2. The first kappa shape index (κ1) is 19.1. The van der Waals surface area contributed by atoms with Gasteiger partial charge in [0.05, 0.1) is 19.3 Å². The summed E-state index contributed by atoms with van der Waals surface area (Å²) in [5.41, 5.74) is 14.7. The van der Waals surface area contributed by atoms with Crippen molar-refractivity contribution in [2.45, 2.75) is 6.04 Å². The lowest BCUT2D eigenvalue weighted by atomic mass is 9.99. The van der Waals surface area contributed by atoms with Crippen LogP contribution in [0.2, 0.25) is 0 Å². The Morgan fingerprint density at radius 2 is 1.86 bits per heavy atom. The molecule has 2 aromatic carbocycles. The van der Waals surface area contributed by atoms with Gasteiger partial charge >= 0.3 is 0 Å². The Morgan fingerprint density at radius 3 is 2.59 bits per heavy atom. The molecule has 0 unspecified atom stereocenters. The highest BCUT2D eigenvalue weighted by Gasteiger charge is 2.18. The minimum absolute atomic E-state index is 0.251. The number of morpholine rings is 1. The van der Waals surface area contributed by atoms with Crippen LogP contribution in [0.15, 0.2) is 64.1 Å². The standard InChI is InChI=1S/C21H22FN5O2/c22-17-12-15(6-7-16(17)14-4-2-1-3-5-14)20(23)18-13-19(29-26-18)25-21(24)27-8-10-28-11-9-27/h1-7,12-13,20H,8-11,23H2,(H2,24,25)/t20-/m1/s1. The number of rotatable bonds is 4. The zero-order valence-corrected chi connectivity index (χ0v) is 15.8. The van der Waals surface area contributed by atoms with Gasteiger partial charge in [0, 0.05) is 24.7 Å². The van der Waals surface area contributed by atoms with Gasteiger partial charge in [-0.1, -0.05) is 47.6 Å². The molecule has 4 N–H and O–H groups in total. The fourth-order valence-electron chi connectivity index (χ4n) is 3.20. The van der Waals surface area contributed by atoms with Crippen molar-refractivity contribution >= 4 is 11.8 Å². The van der Waals surface area contributed by atoms with Gasteiger partial charge in [-0.2, -0.15) is 4.99 Å². The molecule has 0 aliphatic carbocycles. The fourth-order valence-corrected chi connectivity index (χ4v) is 3.20. The minimum atomic E-state index is -0.647. The second-order valence-corrected chi connectivity index (χ2v) is 6.74. The molecule has 29 heavy (non-hydrogen) atoms. The Kier molecular flexibility index (Phi) is 5.55. The summed E-state index contributed by atoms with van der Waals surface area (Å²) in [6.07, 6.45) is 0. The van der Waals surface area contributed by atoms with Gasteiger partial charge in [0.2, 0.25) is 0 Å². The van der Waals surface area contributed by atoms with E-state index in [-0.39, 0.29) is 11.7 Å². The van der Waals surface area contributed by atoms with E-state index in [1.165, 1.54) is 6.07 Å². The molecule has 0 spiro atoms. The maximum atomic E-state index is 14.6. The van der Waals surface area contributed by atoms with E-state index >= 15 is 0 Å². The van der Waals surface area contributed by atoms with Crippen molar-refractivity contribution in [3.8, 4) is 11.1 Å². The second kappa shape index (κ2) is 8.42. The Bertz CT molecular complexity index is 999. The number of guanidine groups is 1. The van der Waals surface area contributed by atoms with E-state index in [0.717, 1.165) is 5.56 Å². The van der Waals surface area contributed by atoms with Gasteiger partial charge in [-0.15, -0.1) is 0 Å². The smallest absolute Gasteiger partial charge is 0.253 e. The summed E-state index contributed by atoms with van der Waals surface area (Å²) in [4.78, 5) is 6.16. The molecule has 4 rings (SSSR count). The molecule has 0 radical (unpaired) electrons. The summed E-state index contributed by atoms with van der Waals surface area (Å²) in [7, 11) is 0. The molecule has 1 saturated heterocycles. The van der Waals surface area contributed by atoms with Crippen LogP contribution in [-0.4, -0.2) is 42.3 Å². The molecule has 0 bridgehead atoms. The second-order valence-electron chi connectivity index (χ2n) is 6.74. The Balaban J connectivity index is 1.51. The third-order valence-electron chi connectivity index (χ3n) is 4.83. The average molecular weight is 395 g/mol. The monoisotopic (exact) mass is 395 g/mol. The zero-order chi connectivity index (χ0) is 20.2. The van der Waals surface area contributed by atoms with Gasteiger partial charge in [-0.25, -0.2) is 4.39 Å². The minimum Gasteiger partial charge on any atom is -0.378 e. The molecule has 0 saturated carbocycles. The molecule has 1 aromatic heterocycles. The highest BCUT2D eigenvalue weighted by molar-refractivity contribution is 5.80. The van der Waals surface area contributed by atoms with Crippen molar-refractivity contribution in [3.05, 3.63) is 71.7 Å². The van der Waals surface area contributed by atoms with Crippen molar-refractivity contribution in [1.29, 1.82) is 0 Å². The van der Waals surface area contributed by atoms with E-state index in [1.54, 1.807) is 18.2 Å². The van der Waals surface area contributed by atoms with Gasteiger partial charge in [0.25, 0.3) is 5.88 Å². The molecule has 2 heterocycles. The molecular weight excluding hydrogens is 373 g/mol. The van der Waals surface area contributed by atoms with E-state index in [2.05, 4.69) is 10.1 Å². The van der Waals surface area contributed by atoms with Gasteiger partial charge < -0.3 is 25.6 Å². The quantitative estimate of drug-likeness (QED) is 0.520. The predicted molar refractivity (Wildman–Crippen MR) is 108 cm³/mol. The maximum absolute atomic E-state index is 14.6. The Labute approximate surface area is 167 Å². The highest BCUT2D eigenvalue weighted by Crippen LogP contribution is 2.28. The third kappa shape index (κ3) is 4.28. The number of ether oxygens (including phenoxy) is 1. The van der Waals surface area contributed by atoms with Crippen LogP contribution in [0, 0.1) is 5.82 Å². The molecule has 8 heteroatoms. The summed E-state index contributed by atoms with van der Waals surface area (Å²) >= 11 is 0. The number of nitrogens with two attached hydrogens (primary N) is 2. The molecule has 0 amide bonds. The number of aliphatic imine (C=N–C) groups is 1. The summed E-state index contributed by atoms with van der Waals surface area (Å²) in [5, 5.41) is 3.97. The van der Waals surface area contributed by atoms with E-state index in [9.17, 15) is 4.39 Å². The van der Waals surface area contributed by atoms with Gasteiger partial charge in [0.1, 0.15) is 11.5 Å². The van der Waals surface area contributed by atoms with Gasteiger partial charge in [0.15, 0.2) is 5.96 Å². The van der Waals surface area contributed by atoms with Crippen LogP contribution in [0.1, 0.15) is 17.3 Å². The lowest BCUT2D eigenvalue weighted by Crippen LogP contribution is -2.44.